The van der Waals surface area contributed by atoms with Crippen LogP contribution in [0.15, 0.2) is 122 Å². The Labute approximate surface area is 475 Å². The molecule has 77 heavy (non-hydrogen) atoms. The largest absolute Gasteiger partial charge is 0.462 e. The van der Waals surface area contributed by atoms with Crippen molar-refractivity contribution in [1.29, 1.82) is 0 Å². The van der Waals surface area contributed by atoms with Crippen LogP contribution in [0, 0.1) is 0 Å². The lowest BCUT2D eigenvalue weighted by atomic mass is 10.1. The Morgan fingerprint density at radius 1 is 0.273 bits per heavy atom. The van der Waals surface area contributed by atoms with E-state index in [1.54, 1.807) is 0 Å². The number of hydrogen-bond donors (Lipinski definition) is 0. The van der Waals surface area contributed by atoms with E-state index >= 15 is 0 Å². The van der Waals surface area contributed by atoms with Crippen molar-refractivity contribution in [3.8, 4) is 0 Å². The predicted molar refractivity (Wildman–Crippen MR) is 334 cm³/mol. The van der Waals surface area contributed by atoms with Gasteiger partial charge in [-0.1, -0.05) is 264 Å². The van der Waals surface area contributed by atoms with Crippen LogP contribution in [0.1, 0.15) is 290 Å². The van der Waals surface area contributed by atoms with Gasteiger partial charge in [-0.3, -0.25) is 14.4 Å². The summed E-state index contributed by atoms with van der Waals surface area (Å²) in [5.41, 5.74) is 0. The summed E-state index contributed by atoms with van der Waals surface area (Å²) in [6.07, 6.45) is 89.2. The molecule has 0 aromatic carbocycles. The molecule has 0 aliphatic rings. The smallest absolute Gasteiger partial charge is 0.306 e. The molecule has 0 amide bonds. The summed E-state index contributed by atoms with van der Waals surface area (Å²) in [5.74, 6) is -0.916. The molecule has 1 unspecified atom stereocenters. The molecular weight excluding hydrogens is 949 g/mol. The van der Waals surface area contributed by atoms with Gasteiger partial charge in [0.05, 0.1) is 0 Å². The average Bonchev–Trinajstić information content (AvgIpc) is 3.43. The van der Waals surface area contributed by atoms with Crippen molar-refractivity contribution < 1.29 is 28.6 Å². The molecule has 0 fully saturated rings. The monoisotopic (exact) mass is 1070 g/mol. The van der Waals surface area contributed by atoms with Crippen molar-refractivity contribution in [3.63, 3.8) is 0 Å². The Bertz CT molecular complexity index is 1600. The zero-order valence-electron chi connectivity index (χ0n) is 50.2. The molecule has 0 aliphatic carbocycles. The van der Waals surface area contributed by atoms with E-state index in [1.165, 1.54) is 109 Å². The first-order valence-electron chi connectivity index (χ1n) is 32.0. The van der Waals surface area contributed by atoms with Crippen molar-refractivity contribution in [2.45, 2.75) is 297 Å². The van der Waals surface area contributed by atoms with Gasteiger partial charge in [-0.15, -0.1) is 0 Å². The van der Waals surface area contributed by atoms with Gasteiger partial charge in [-0.25, -0.2) is 0 Å². The van der Waals surface area contributed by atoms with Gasteiger partial charge >= 0.3 is 17.9 Å². The topological polar surface area (TPSA) is 78.9 Å². The highest BCUT2D eigenvalue weighted by Crippen LogP contribution is 2.15. The molecule has 0 aliphatic heterocycles. The second kappa shape index (κ2) is 64.3. The summed E-state index contributed by atoms with van der Waals surface area (Å²) < 4.78 is 16.9. The number of carbonyl (C=O) groups excluding carboxylic acids is 3. The third kappa shape index (κ3) is 62.5. The summed E-state index contributed by atoms with van der Waals surface area (Å²) in [6, 6.07) is 0. The minimum Gasteiger partial charge on any atom is -0.462 e. The quantitative estimate of drug-likeness (QED) is 0.0261. The number of esters is 3. The highest BCUT2D eigenvalue weighted by atomic mass is 16.6. The first kappa shape index (κ1) is 72.8. The van der Waals surface area contributed by atoms with Crippen LogP contribution in [0.25, 0.3) is 0 Å². The molecule has 0 aromatic rings. The van der Waals surface area contributed by atoms with Crippen LogP contribution in [-0.4, -0.2) is 37.2 Å². The summed E-state index contributed by atoms with van der Waals surface area (Å²) in [4.78, 5) is 38.2. The summed E-state index contributed by atoms with van der Waals surface area (Å²) >= 11 is 0. The Balaban J connectivity index is 4.28. The Morgan fingerprint density at radius 2 is 0.532 bits per heavy atom. The van der Waals surface area contributed by atoms with Crippen LogP contribution in [0.4, 0.5) is 0 Å². The average molecular weight is 1070 g/mol. The fourth-order valence-corrected chi connectivity index (χ4v) is 8.63. The van der Waals surface area contributed by atoms with Crippen LogP contribution in [0.5, 0.6) is 0 Å². The maximum Gasteiger partial charge on any atom is 0.306 e. The van der Waals surface area contributed by atoms with E-state index in [0.29, 0.717) is 19.3 Å². The van der Waals surface area contributed by atoms with Crippen molar-refractivity contribution >= 4 is 17.9 Å². The maximum atomic E-state index is 12.9. The first-order valence-corrected chi connectivity index (χ1v) is 32.0. The molecule has 6 nitrogen and oxygen atoms in total. The highest BCUT2D eigenvalue weighted by molar-refractivity contribution is 5.71. The summed E-state index contributed by atoms with van der Waals surface area (Å²) in [7, 11) is 0. The molecular formula is C71H118O6. The van der Waals surface area contributed by atoms with Gasteiger partial charge in [-0.2, -0.15) is 0 Å². The minimum atomic E-state index is -0.792. The number of ether oxygens (including phenoxy) is 3. The highest BCUT2D eigenvalue weighted by Gasteiger charge is 2.19. The fourth-order valence-electron chi connectivity index (χ4n) is 8.63. The van der Waals surface area contributed by atoms with Crippen molar-refractivity contribution in [3.05, 3.63) is 122 Å². The molecule has 0 heterocycles. The number of rotatable bonds is 57. The molecule has 1 atom stereocenters. The summed E-state index contributed by atoms with van der Waals surface area (Å²) in [6.45, 7) is 6.45. The molecule has 6 heteroatoms. The number of allylic oxidation sites excluding steroid dienone is 20. The lowest BCUT2D eigenvalue weighted by molar-refractivity contribution is -0.167. The van der Waals surface area contributed by atoms with Crippen molar-refractivity contribution in [1.82, 2.24) is 0 Å². The van der Waals surface area contributed by atoms with Gasteiger partial charge < -0.3 is 14.2 Å². The van der Waals surface area contributed by atoms with Crippen LogP contribution >= 0.6 is 0 Å². The third-order valence-electron chi connectivity index (χ3n) is 13.4. The van der Waals surface area contributed by atoms with E-state index in [0.717, 1.165) is 141 Å². The SMILES string of the molecule is CC/C=C\C/C=C\C/C=C\C/C=C\C/C=C\C/C=C\C/C=C\C/C=C\CCCCCCCCC(=O)OCC(COC(=O)CCCCCCC/C=C\CCC)OC(=O)CCCCCCCCC/C=C\CCCCCCCCC. The molecule has 0 aromatic heterocycles. The Hall–Kier alpha value is -4.19. The van der Waals surface area contributed by atoms with E-state index in [2.05, 4.69) is 142 Å². The lowest BCUT2D eigenvalue weighted by Crippen LogP contribution is -2.30. The molecule has 0 spiro atoms. The fraction of sp³-hybridized carbons (Fsp3) is 0.676. The second-order valence-corrected chi connectivity index (χ2v) is 20.9. The van der Waals surface area contributed by atoms with E-state index in [4.69, 9.17) is 14.2 Å². The normalized spacial score (nSPS) is 12.9. The van der Waals surface area contributed by atoms with Gasteiger partial charge in [0.25, 0.3) is 0 Å². The van der Waals surface area contributed by atoms with Crippen molar-refractivity contribution in [2.75, 3.05) is 13.2 Å². The second-order valence-electron chi connectivity index (χ2n) is 20.9. The third-order valence-corrected chi connectivity index (χ3v) is 13.4. The van der Waals surface area contributed by atoms with E-state index in [1.807, 2.05) is 0 Å². The van der Waals surface area contributed by atoms with Crippen LogP contribution in [-0.2, 0) is 28.6 Å². The molecule has 0 radical (unpaired) electrons. The predicted octanol–water partition coefficient (Wildman–Crippen LogP) is 22.0. The number of carbonyl (C=O) groups is 3. The van der Waals surface area contributed by atoms with E-state index in [9.17, 15) is 14.4 Å². The lowest BCUT2D eigenvalue weighted by Gasteiger charge is -2.18. The van der Waals surface area contributed by atoms with Crippen LogP contribution in [0.3, 0.4) is 0 Å². The molecule has 438 valence electrons. The number of hydrogen-bond acceptors (Lipinski definition) is 6. The zero-order chi connectivity index (χ0) is 55.7. The summed E-state index contributed by atoms with van der Waals surface area (Å²) in [5, 5.41) is 0. The van der Waals surface area contributed by atoms with Gasteiger partial charge in [0.15, 0.2) is 6.10 Å². The first-order chi connectivity index (χ1) is 38.0. The Kier molecular flexibility index (Phi) is 60.8. The van der Waals surface area contributed by atoms with Gasteiger partial charge in [0, 0.05) is 19.3 Å². The zero-order valence-corrected chi connectivity index (χ0v) is 50.2. The van der Waals surface area contributed by atoms with Gasteiger partial charge in [0.1, 0.15) is 13.2 Å². The van der Waals surface area contributed by atoms with E-state index < -0.39 is 6.10 Å². The Morgan fingerprint density at radius 3 is 0.857 bits per heavy atom. The van der Waals surface area contributed by atoms with Gasteiger partial charge in [0.2, 0.25) is 0 Å². The molecule has 0 bridgehead atoms. The van der Waals surface area contributed by atoms with Crippen molar-refractivity contribution in [2.24, 2.45) is 0 Å². The van der Waals surface area contributed by atoms with Gasteiger partial charge in [-0.05, 0) is 128 Å². The van der Waals surface area contributed by atoms with Crippen LogP contribution < -0.4 is 0 Å². The molecule has 0 rings (SSSR count). The number of unbranched alkanes of at least 4 members (excludes halogenated alkanes) is 26. The standard InChI is InChI=1S/C71H118O6/c1-4-7-10-13-16-19-22-24-26-28-30-31-32-33-34-35-36-37-38-39-40-41-42-44-45-47-49-52-55-58-61-64-70(73)76-67-68(66-75-69(72)63-60-57-54-51-21-18-15-12-9-6-3)77-71(74)65-62-59-56-53-50-48-46-43-29-27-25-23-20-17-14-11-8-5-2/h7,10,12,15-16,19,24,26-27,29-31,33-34,36-37,39-40,42,44,68H,4-6,8-9,11,13-14,17-18,20-23,25,28,32,35,38,41,43,45-67H2,1-3H3/b10-7-,15-12-,19-16-,26-24-,29-27-,31-30-,34-33-,37-36-,40-39-,44-42-. The molecule has 0 saturated heterocycles. The maximum absolute atomic E-state index is 12.9. The van der Waals surface area contributed by atoms with E-state index in [-0.39, 0.29) is 31.1 Å². The minimum absolute atomic E-state index is 0.0901. The van der Waals surface area contributed by atoms with Crippen LogP contribution in [0.2, 0.25) is 0 Å². The molecule has 0 saturated carbocycles. The molecule has 0 N–H and O–H groups in total.